The van der Waals surface area contributed by atoms with Crippen LogP contribution >= 0.6 is 0 Å². The van der Waals surface area contributed by atoms with Crippen molar-refractivity contribution < 1.29 is 18.8 Å². The Balaban J connectivity index is 2.07. The number of hydrogen-bond acceptors (Lipinski definition) is 6. The van der Waals surface area contributed by atoms with Crippen LogP contribution in [0, 0.1) is 15.9 Å². The molecule has 2 amide bonds. The van der Waals surface area contributed by atoms with E-state index in [0.717, 1.165) is 18.2 Å². The Kier molecular flexibility index (Phi) is 6.39. The molecule has 138 valence electrons. The maximum Gasteiger partial charge on any atom is 0.322 e. The molecule has 0 aliphatic rings. The lowest BCUT2D eigenvalue weighted by atomic mass is 10.3. The molecular formula is C16H18FN5O4. The minimum Gasteiger partial charge on any atom is -0.454 e. The van der Waals surface area contributed by atoms with Gasteiger partial charge in [-0.05, 0) is 25.1 Å². The summed E-state index contributed by atoms with van der Waals surface area (Å²) in [4.78, 5) is 27.4. The minimum atomic E-state index is -0.872. The van der Waals surface area contributed by atoms with Crippen molar-refractivity contribution in [2.45, 2.75) is 6.42 Å². The Bertz CT molecular complexity index is 802. The molecule has 10 heteroatoms. The van der Waals surface area contributed by atoms with Crippen molar-refractivity contribution in [3.05, 3.63) is 52.5 Å². The fourth-order valence-corrected chi connectivity index (χ4v) is 1.99. The average molecular weight is 363 g/mol. The van der Waals surface area contributed by atoms with E-state index in [1.807, 2.05) is 0 Å². The highest BCUT2D eigenvalue weighted by molar-refractivity contribution is 5.88. The van der Waals surface area contributed by atoms with Crippen LogP contribution in [-0.2, 0) is 0 Å². The van der Waals surface area contributed by atoms with Gasteiger partial charge in [-0.3, -0.25) is 15.4 Å². The van der Waals surface area contributed by atoms with E-state index in [9.17, 15) is 19.3 Å². The first kappa shape index (κ1) is 19.1. The summed E-state index contributed by atoms with van der Waals surface area (Å²) in [5.74, 6) is -0.621. The zero-order chi connectivity index (χ0) is 19.1. The van der Waals surface area contributed by atoms with Crippen molar-refractivity contribution in [3.63, 3.8) is 0 Å². The molecule has 0 spiro atoms. The number of nitro benzene ring substituents is 1. The lowest BCUT2D eigenvalue weighted by Gasteiger charge is -2.17. The number of ether oxygens (including phenoxy) is 1. The fourth-order valence-electron chi connectivity index (χ4n) is 1.99. The van der Waals surface area contributed by atoms with E-state index < -0.39 is 10.7 Å². The summed E-state index contributed by atoms with van der Waals surface area (Å²) in [6.07, 6.45) is 2.05. The summed E-state index contributed by atoms with van der Waals surface area (Å²) in [7, 11) is 1.62. The van der Waals surface area contributed by atoms with Gasteiger partial charge in [0.05, 0.1) is 11.0 Å². The molecule has 1 aromatic carbocycles. The number of nitrogens with one attached hydrogen (secondary N) is 1. The van der Waals surface area contributed by atoms with Crippen molar-refractivity contribution in [2.24, 2.45) is 5.73 Å². The Morgan fingerprint density at radius 2 is 2.19 bits per heavy atom. The summed E-state index contributed by atoms with van der Waals surface area (Å²) in [6, 6.07) is 5.57. The number of urea groups is 1. The molecule has 26 heavy (non-hydrogen) atoms. The summed E-state index contributed by atoms with van der Waals surface area (Å²) in [6.45, 7) is 0.965. The predicted molar refractivity (Wildman–Crippen MR) is 92.7 cm³/mol. The molecule has 0 atom stereocenters. The van der Waals surface area contributed by atoms with Crippen molar-refractivity contribution in [2.75, 3.05) is 25.5 Å². The number of carbonyl (C=O) groups is 1. The van der Waals surface area contributed by atoms with Gasteiger partial charge in [-0.25, -0.2) is 14.2 Å². The molecule has 3 N–H and O–H groups in total. The Morgan fingerprint density at radius 1 is 1.42 bits per heavy atom. The highest BCUT2D eigenvalue weighted by Crippen LogP contribution is 2.28. The molecule has 0 fully saturated rings. The Hall–Kier alpha value is -3.27. The number of rotatable bonds is 7. The van der Waals surface area contributed by atoms with Gasteiger partial charge in [0.1, 0.15) is 11.6 Å². The summed E-state index contributed by atoms with van der Waals surface area (Å²) < 4.78 is 19.3. The zero-order valence-corrected chi connectivity index (χ0v) is 14.0. The van der Waals surface area contributed by atoms with Crippen LogP contribution < -0.4 is 15.8 Å². The van der Waals surface area contributed by atoms with Crippen LogP contribution in [0.2, 0.25) is 0 Å². The molecule has 0 radical (unpaired) electrons. The van der Waals surface area contributed by atoms with Gasteiger partial charge in [-0.2, -0.15) is 0 Å². The highest BCUT2D eigenvalue weighted by atomic mass is 19.1. The molecule has 0 aliphatic carbocycles. The van der Waals surface area contributed by atoms with Gasteiger partial charge < -0.3 is 15.4 Å². The second-order valence-electron chi connectivity index (χ2n) is 5.34. The van der Waals surface area contributed by atoms with E-state index in [1.165, 1.54) is 23.2 Å². The molecular weight excluding hydrogens is 345 g/mol. The number of nitrogens with two attached hydrogens (primary N) is 1. The van der Waals surface area contributed by atoms with Crippen LogP contribution in [-0.4, -0.2) is 41.0 Å². The molecule has 0 saturated carbocycles. The number of aromatic nitrogens is 1. The molecule has 1 heterocycles. The third-order valence-corrected chi connectivity index (χ3v) is 3.36. The monoisotopic (exact) mass is 363 g/mol. The number of amides is 2. The van der Waals surface area contributed by atoms with Crippen molar-refractivity contribution in [1.29, 1.82) is 0 Å². The number of carbonyl (C=O) groups excluding carboxylic acids is 1. The molecule has 0 bridgehead atoms. The number of nitro groups is 1. The maximum atomic E-state index is 13.9. The molecule has 0 unspecified atom stereocenters. The molecule has 9 nitrogen and oxygen atoms in total. The topological polar surface area (TPSA) is 124 Å². The second kappa shape index (κ2) is 8.72. The van der Waals surface area contributed by atoms with E-state index in [1.54, 1.807) is 7.05 Å². The largest absolute Gasteiger partial charge is 0.454 e. The number of pyridine rings is 1. The standard InChI is InChI=1S/C16H18FN5O4/c1-21(8-2-6-18)16(23)20-15-10-12(5-7-19-15)26-14-4-3-11(22(24)25)9-13(14)17/h3-5,7,9-10H,2,6,8,18H2,1H3,(H,19,20,23). The van der Waals surface area contributed by atoms with Crippen LogP contribution in [0.4, 0.5) is 20.7 Å². The number of halogens is 1. The first-order valence-corrected chi connectivity index (χ1v) is 7.70. The van der Waals surface area contributed by atoms with E-state index in [2.05, 4.69) is 10.3 Å². The van der Waals surface area contributed by atoms with Crippen LogP contribution in [0.1, 0.15) is 6.42 Å². The van der Waals surface area contributed by atoms with E-state index in [0.29, 0.717) is 19.5 Å². The third kappa shape index (κ3) is 5.11. The molecule has 0 saturated heterocycles. The molecule has 1 aromatic heterocycles. The second-order valence-corrected chi connectivity index (χ2v) is 5.34. The zero-order valence-electron chi connectivity index (χ0n) is 14.0. The average Bonchev–Trinajstić information content (AvgIpc) is 2.61. The number of anilines is 1. The number of nitrogens with zero attached hydrogens (tertiary/aromatic N) is 3. The highest BCUT2D eigenvalue weighted by Gasteiger charge is 2.13. The lowest BCUT2D eigenvalue weighted by Crippen LogP contribution is -2.33. The first-order chi connectivity index (χ1) is 12.4. The van der Waals surface area contributed by atoms with Gasteiger partial charge in [-0.15, -0.1) is 0 Å². The number of benzene rings is 1. The van der Waals surface area contributed by atoms with Crippen LogP contribution in [0.5, 0.6) is 11.5 Å². The molecule has 2 aromatic rings. The maximum absolute atomic E-state index is 13.9. The third-order valence-electron chi connectivity index (χ3n) is 3.36. The smallest absolute Gasteiger partial charge is 0.322 e. The van der Waals surface area contributed by atoms with E-state index in [4.69, 9.17) is 10.5 Å². The first-order valence-electron chi connectivity index (χ1n) is 7.70. The van der Waals surface area contributed by atoms with Crippen LogP contribution in [0.25, 0.3) is 0 Å². The summed E-state index contributed by atoms with van der Waals surface area (Å²) >= 11 is 0. The van der Waals surface area contributed by atoms with Gasteiger partial charge in [-0.1, -0.05) is 0 Å². The fraction of sp³-hybridized carbons (Fsp3) is 0.250. The number of non-ortho nitro benzene ring substituents is 1. The van der Waals surface area contributed by atoms with Crippen LogP contribution in [0.15, 0.2) is 36.5 Å². The van der Waals surface area contributed by atoms with E-state index in [-0.39, 0.29) is 29.0 Å². The summed E-state index contributed by atoms with van der Waals surface area (Å²) in [5.41, 5.74) is 5.03. The van der Waals surface area contributed by atoms with Gasteiger partial charge >= 0.3 is 6.03 Å². The SMILES string of the molecule is CN(CCCN)C(=O)Nc1cc(Oc2ccc([N+](=O)[O-])cc2F)ccn1. The Morgan fingerprint density at radius 3 is 2.85 bits per heavy atom. The van der Waals surface area contributed by atoms with Gasteiger partial charge in [0.2, 0.25) is 0 Å². The quantitative estimate of drug-likeness (QED) is 0.576. The normalized spacial score (nSPS) is 10.3. The van der Waals surface area contributed by atoms with Crippen molar-refractivity contribution in [1.82, 2.24) is 9.88 Å². The lowest BCUT2D eigenvalue weighted by molar-refractivity contribution is -0.385. The van der Waals surface area contributed by atoms with Gasteiger partial charge in [0, 0.05) is 31.9 Å². The minimum absolute atomic E-state index is 0.181. The van der Waals surface area contributed by atoms with Crippen LogP contribution in [0.3, 0.4) is 0 Å². The van der Waals surface area contributed by atoms with E-state index >= 15 is 0 Å². The molecule has 0 aliphatic heterocycles. The van der Waals surface area contributed by atoms with Gasteiger partial charge in [0.25, 0.3) is 5.69 Å². The van der Waals surface area contributed by atoms with Crippen molar-refractivity contribution in [3.8, 4) is 11.5 Å². The van der Waals surface area contributed by atoms with Crippen molar-refractivity contribution >= 4 is 17.5 Å². The Labute approximate surface area is 148 Å². The molecule has 2 rings (SSSR count). The van der Waals surface area contributed by atoms with Gasteiger partial charge in [0.15, 0.2) is 11.6 Å². The number of hydrogen-bond donors (Lipinski definition) is 2. The summed E-state index contributed by atoms with van der Waals surface area (Å²) in [5, 5.41) is 13.2. The predicted octanol–water partition coefficient (Wildman–Crippen LogP) is 2.73.